The number of hydrogen-bond donors (Lipinski definition) is 1. The van der Waals surface area contributed by atoms with Crippen molar-refractivity contribution in [3.05, 3.63) is 0 Å². The topological polar surface area (TPSA) is 12.0 Å². The molecule has 2 rings (SSSR count). The summed E-state index contributed by atoms with van der Waals surface area (Å²) in [6.45, 7) is 0.771. The van der Waals surface area contributed by atoms with Gasteiger partial charge in [0, 0.05) is 5.92 Å². The summed E-state index contributed by atoms with van der Waals surface area (Å²) < 4.78 is 27.9. The number of rotatable bonds is 2. The van der Waals surface area contributed by atoms with Crippen LogP contribution in [0.15, 0.2) is 0 Å². The number of halogens is 3. The van der Waals surface area contributed by atoms with Gasteiger partial charge in [0.1, 0.15) is 0 Å². The van der Waals surface area contributed by atoms with Gasteiger partial charge in [0.2, 0.25) is 0 Å². The van der Waals surface area contributed by atoms with Crippen LogP contribution in [0, 0.1) is 5.92 Å². The summed E-state index contributed by atoms with van der Waals surface area (Å²) in [4.78, 5) is 0. The second-order valence-electron chi connectivity index (χ2n) is 4.66. The lowest BCUT2D eigenvalue weighted by molar-refractivity contribution is -0.0933. The zero-order chi connectivity index (χ0) is 10.0. The third-order valence-electron chi connectivity index (χ3n) is 3.67. The highest BCUT2D eigenvalue weighted by atomic mass is 35.5. The highest BCUT2D eigenvalue weighted by molar-refractivity contribution is 5.85. The van der Waals surface area contributed by atoms with Crippen molar-refractivity contribution in [2.24, 2.45) is 5.92 Å². The Kier molecular flexibility index (Phi) is 4.78. The van der Waals surface area contributed by atoms with E-state index in [0.717, 1.165) is 45.1 Å². The summed E-state index contributed by atoms with van der Waals surface area (Å²) in [7, 11) is 0. The van der Waals surface area contributed by atoms with E-state index in [1.807, 2.05) is 0 Å². The van der Waals surface area contributed by atoms with E-state index in [0.29, 0.717) is 6.42 Å². The molecule has 2 aliphatic rings. The van der Waals surface area contributed by atoms with Gasteiger partial charge in [-0.3, -0.25) is 0 Å². The van der Waals surface area contributed by atoms with Gasteiger partial charge < -0.3 is 5.32 Å². The zero-order valence-corrected chi connectivity index (χ0v) is 9.79. The van der Waals surface area contributed by atoms with Crippen LogP contribution in [-0.2, 0) is 0 Å². The fourth-order valence-electron chi connectivity index (χ4n) is 2.78. The number of hydrogen-bond acceptors (Lipinski definition) is 1. The Morgan fingerprint density at radius 3 is 2.07 bits per heavy atom. The molecule has 15 heavy (non-hydrogen) atoms. The van der Waals surface area contributed by atoms with Crippen LogP contribution in [0.1, 0.15) is 44.9 Å². The molecule has 1 aliphatic heterocycles. The standard InChI is InChI=1S/C11H19F2N.ClH/c12-11(13,9-5-1-2-6-9)10-7-3-4-8-14-10;/h9-10,14H,1-8H2;1H. The number of alkyl halides is 2. The van der Waals surface area contributed by atoms with Gasteiger partial charge in [-0.1, -0.05) is 19.3 Å². The normalized spacial score (nSPS) is 28.8. The predicted octanol–water partition coefficient (Wildman–Crippen LogP) is 3.38. The summed E-state index contributed by atoms with van der Waals surface area (Å²) in [5, 5.41) is 2.99. The Hall–Kier alpha value is 0.110. The molecule has 90 valence electrons. The molecule has 1 heterocycles. The fraction of sp³-hybridized carbons (Fsp3) is 1.00. The molecule has 0 radical (unpaired) electrons. The summed E-state index contributed by atoms with van der Waals surface area (Å²) in [5.41, 5.74) is 0. The van der Waals surface area contributed by atoms with Crippen molar-refractivity contribution in [2.45, 2.75) is 56.9 Å². The summed E-state index contributed by atoms with van der Waals surface area (Å²) in [6.07, 6.45) is 6.11. The first kappa shape index (κ1) is 13.2. The second-order valence-corrected chi connectivity index (χ2v) is 4.66. The molecule has 1 saturated heterocycles. The lowest BCUT2D eigenvalue weighted by atomic mass is 9.89. The molecule has 2 fully saturated rings. The van der Waals surface area contributed by atoms with Crippen molar-refractivity contribution < 1.29 is 8.78 Å². The van der Waals surface area contributed by atoms with E-state index < -0.39 is 12.0 Å². The molecule has 4 heteroatoms. The molecule has 1 unspecified atom stereocenters. The second kappa shape index (κ2) is 5.44. The molecular weight excluding hydrogens is 220 g/mol. The van der Waals surface area contributed by atoms with Gasteiger partial charge in [-0.05, 0) is 32.2 Å². The lowest BCUT2D eigenvalue weighted by Gasteiger charge is -2.34. The Balaban J connectivity index is 0.00000112. The van der Waals surface area contributed by atoms with Crippen molar-refractivity contribution in [3.8, 4) is 0 Å². The van der Waals surface area contributed by atoms with Crippen LogP contribution in [0.5, 0.6) is 0 Å². The lowest BCUT2D eigenvalue weighted by Crippen LogP contribution is -2.50. The Morgan fingerprint density at radius 1 is 0.933 bits per heavy atom. The van der Waals surface area contributed by atoms with Gasteiger partial charge in [0.15, 0.2) is 0 Å². The zero-order valence-electron chi connectivity index (χ0n) is 8.98. The van der Waals surface area contributed by atoms with E-state index >= 15 is 0 Å². The SMILES string of the molecule is Cl.FC(F)(C1CCCC1)C1CCCCN1. The van der Waals surface area contributed by atoms with E-state index in [-0.39, 0.29) is 18.3 Å². The van der Waals surface area contributed by atoms with Gasteiger partial charge in [0.05, 0.1) is 6.04 Å². The van der Waals surface area contributed by atoms with E-state index in [1.54, 1.807) is 0 Å². The van der Waals surface area contributed by atoms with Gasteiger partial charge >= 0.3 is 0 Å². The molecule has 1 atom stereocenters. The van der Waals surface area contributed by atoms with Crippen LogP contribution < -0.4 is 5.32 Å². The minimum atomic E-state index is -2.46. The summed E-state index contributed by atoms with van der Waals surface area (Å²) >= 11 is 0. The monoisotopic (exact) mass is 239 g/mol. The highest BCUT2D eigenvalue weighted by Gasteiger charge is 2.47. The molecule has 0 aromatic rings. The first-order valence-electron chi connectivity index (χ1n) is 5.82. The molecule has 1 aliphatic carbocycles. The van der Waals surface area contributed by atoms with E-state index in [1.165, 1.54) is 0 Å². The molecule has 0 bridgehead atoms. The summed E-state index contributed by atoms with van der Waals surface area (Å²) in [6, 6.07) is -0.542. The van der Waals surface area contributed by atoms with Crippen molar-refractivity contribution in [1.29, 1.82) is 0 Å². The van der Waals surface area contributed by atoms with E-state index in [9.17, 15) is 8.78 Å². The molecular formula is C11H20ClF2N. The van der Waals surface area contributed by atoms with Crippen LogP contribution >= 0.6 is 12.4 Å². The number of piperidine rings is 1. The van der Waals surface area contributed by atoms with Crippen LogP contribution in [0.3, 0.4) is 0 Å². The van der Waals surface area contributed by atoms with E-state index in [2.05, 4.69) is 5.32 Å². The predicted molar refractivity (Wildman–Crippen MR) is 59.8 cm³/mol. The quantitative estimate of drug-likeness (QED) is 0.779. The molecule has 0 aromatic heterocycles. The smallest absolute Gasteiger partial charge is 0.265 e. The Morgan fingerprint density at radius 2 is 1.53 bits per heavy atom. The maximum Gasteiger partial charge on any atom is 0.265 e. The van der Waals surface area contributed by atoms with Crippen LogP contribution in [0.2, 0.25) is 0 Å². The van der Waals surface area contributed by atoms with Gasteiger partial charge in [-0.2, -0.15) is 0 Å². The van der Waals surface area contributed by atoms with Crippen LogP contribution in [0.25, 0.3) is 0 Å². The van der Waals surface area contributed by atoms with Crippen LogP contribution in [0.4, 0.5) is 8.78 Å². The third kappa shape index (κ3) is 2.82. The van der Waals surface area contributed by atoms with Gasteiger partial charge in [-0.25, -0.2) is 8.78 Å². The number of nitrogens with one attached hydrogen (secondary N) is 1. The molecule has 0 spiro atoms. The maximum atomic E-state index is 14.0. The Labute approximate surface area is 96.4 Å². The van der Waals surface area contributed by atoms with Crippen molar-refractivity contribution in [2.75, 3.05) is 6.54 Å². The molecule has 1 saturated carbocycles. The van der Waals surface area contributed by atoms with Gasteiger partial charge in [0.25, 0.3) is 5.92 Å². The first-order chi connectivity index (χ1) is 6.71. The Bertz CT molecular complexity index is 187. The van der Waals surface area contributed by atoms with Crippen molar-refractivity contribution in [3.63, 3.8) is 0 Å². The molecule has 0 amide bonds. The van der Waals surface area contributed by atoms with Crippen molar-refractivity contribution >= 4 is 12.4 Å². The van der Waals surface area contributed by atoms with Crippen molar-refractivity contribution in [1.82, 2.24) is 5.32 Å². The maximum absolute atomic E-state index is 14.0. The summed E-state index contributed by atoms with van der Waals surface area (Å²) in [5.74, 6) is -2.81. The van der Waals surface area contributed by atoms with E-state index in [4.69, 9.17) is 0 Å². The van der Waals surface area contributed by atoms with Crippen LogP contribution in [-0.4, -0.2) is 18.5 Å². The highest BCUT2D eigenvalue weighted by Crippen LogP contribution is 2.41. The first-order valence-corrected chi connectivity index (χ1v) is 5.82. The largest absolute Gasteiger partial charge is 0.309 e. The average molecular weight is 240 g/mol. The minimum Gasteiger partial charge on any atom is -0.309 e. The molecule has 1 N–H and O–H groups in total. The molecule has 1 nitrogen and oxygen atoms in total. The van der Waals surface area contributed by atoms with Gasteiger partial charge in [-0.15, -0.1) is 12.4 Å². The third-order valence-corrected chi connectivity index (χ3v) is 3.67. The average Bonchev–Trinajstić information content (AvgIpc) is 2.72. The molecule has 0 aromatic carbocycles. The fourth-order valence-corrected chi connectivity index (χ4v) is 2.78. The minimum absolute atomic E-state index is 0.